The molecule has 2 N–H and O–H groups in total. The van der Waals surface area contributed by atoms with Gasteiger partial charge >= 0.3 is 0 Å². The fourth-order valence-corrected chi connectivity index (χ4v) is 2.02. The molecule has 0 saturated heterocycles. The van der Waals surface area contributed by atoms with Gasteiger partial charge in [-0.3, -0.25) is 0 Å². The summed E-state index contributed by atoms with van der Waals surface area (Å²) < 4.78 is 0. The third-order valence-electron chi connectivity index (χ3n) is 2.12. The van der Waals surface area contributed by atoms with Crippen LogP contribution in [0.2, 0.25) is 5.15 Å². The summed E-state index contributed by atoms with van der Waals surface area (Å²) in [6.45, 7) is 0.905. The van der Waals surface area contributed by atoms with Gasteiger partial charge in [-0.25, -0.2) is 9.97 Å². The van der Waals surface area contributed by atoms with Gasteiger partial charge in [-0.15, -0.1) is 0 Å². The lowest BCUT2D eigenvalue weighted by molar-refractivity contribution is 0.839. The Balaban J connectivity index is 2.44. The van der Waals surface area contributed by atoms with Crippen LogP contribution in [0.25, 0.3) is 0 Å². The molecule has 0 radical (unpaired) electrons. The Labute approximate surface area is 106 Å². The van der Waals surface area contributed by atoms with Gasteiger partial charge < -0.3 is 10.6 Å². The number of hydrogen-bond donors (Lipinski definition) is 2. The van der Waals surface area contributed by atoms with Crippen molar-refractivity contribution in [1.29, 1.82) is 0 Å². The number of rotatable bonds is 7. The van der Waals surface area contributed by atoms with Gasteiger partial charge in [-0.2, -0.15) is 11.8 Å². The van der Waals surface area contributed by atoms with E-state index < -0.39 is 0 Å². The normalized spacial score (nSPS) is 10.2. The van der Waals surface area contributed by atoms with Gasteiger partial charge in [-0.1, -0.05) is 11.6 Å². The van der Waals surface area contributed by atoms with Gasteiger partial charge in [0.1, 0.15) is 12.0 Å². The van der Waals surface area contributed by atoms with E-state index in [-0.39, 0.29) is 0 Å². The zero-order valence-corrected chi connectivity index (χ0v) is 11.2. The van der Waals surface area contributed by atoms with Crippen molar-refractivity contribution in [3.05, 3.63) is 11.5 Å². The summed E-state index contributed by atoms with van der Waals surface area (Å²) in [5, 5.41) is 6.70. The first kappa shape index (κ1) is 13.4. The fraction of sp³-hybridized carbons (Fsp3) is 0.600. The number of unbranched alkanes of at least 4 members (excludes halogenated alkanes) is 1. The minimum absolute atomic E-state index is 0.448. The number of anilines is 2. The smallest absolute Gasteiger partial charge is 0.157 e. The van der Waals surface area contributed by atoms with Crippen molar-refractivity contribution >= 4 is 34.9 Å². The molecule has 0 aliphatic heterocycles. The largest absolute Gasteiger partial charge is 0.383 e. The van der Waals surface area contributed by atoms with Crippen LogP contribution in [-0.2, 0) is 0 Å². The van der Waals surface area contributed by atoms with Crippen LogP contribution in [-0.4, -0.2) is 35.6 Å². The van der Waals surface area contributed by atoms with Crippen LogP contribution in [0.1, 0.15) is 12.8 Å². The molecule has 0 amide bonds. The number of nitrogens with zero attached hydrogens (tertiary/aromatic N) is 2. The fourth-order valence-electron chi connectivity index (χ4n) is 1.30. The molecule has 1 heterocycles. The minimum Gasteiger partial charge on any atom is -0.383 e. The molecule has 0 unspecified atom stereocenters. The molecule has 0 saturated carbocycles. The molecule has 1 rings (SSSR count). The minimum atomic E-state index is 0.448. The molecule has 0 fully saturated rings. The summed E-state index contributed by atoms with van der Waals surface area (Å²) in [5.74, 6) is 1.97. The topological polar surface area (TPSA) is 49.8 Å². The van der Waals surface area contributed by atoms with E-state index in [9.17, 15) is 0 Å². The highest BCUT2D eigenvalue weighted by atomic mass is 35.5. The number of hydrogen-bond acceptors (Lipinski definition) is 5. The van der Waals surface area contributed by atoms with Crippen LogP contribution in [0.3, 0.4) is 0 Å². The predicted octanol–water partition coefficient (Wildman–Crippen LogP) is 2.73. The molecule has 0 atom stereocenters. The Morgan fingerprint density at radius 3 is 2.88 bits per heavy atom. The van der Waals surface area contributed by atoms with Crippen molar-refractivity contribution in [2.24, 2.45) is 0 Å². The molecule has 16 heavy (non-hydrogen) atoms. The Bertz CT molecular complexity index is 322. The molecule has 1 aromatic rings. The Hall–Kier alpha value is -0.680. The summed E-state index contributed by atoms with van der Waals surface area (Å²) in [6.07, 6.45) is 5.93. The third-order valence-corrected chi connectivity index (χ3v) is 3.10. The Morgan fingerprint density at radius 1 is 1.38 bits per heavy atom. The molecule has 4 nitrogen and oxygen atoms in total. The Kier molecular flexibility index (Phi) is 6.33. The van der Waals surface area contributed by atoms with E-state index in [0.717, 1.165) is 24.5 Å². The zero-order valence-electron chi connectivity index (χ0n) is 9.59. The van der Waals surface area contributed by atoms with E-state index in [1.165, 1.54) is 18.5 Å². The highest BCUT2D eigenvalue weighted by Crippen LogP contribution is 2.25. The van der Waals surface area contributed by atoms with Gasteiger partial charge in [0, 0.05) is 13.6 Å². The second-order valence-electron chi connectivity index (χ2n) is 3.26. The van der Waals surface area contributed by atoms with E-state index >= 15 is 0 Å². The van der Waals surface area contributed by atoms with Gasteiger partial charge in [0.05, 0.1) is 0 Å². The van der Waals surface area contributed by atoms with Crippen molar-refractivity contribution < 1.29 is 0 Å². The Morgan fingerprint density at radius 2 is 2.19 bits per heavy atom. The molecule has 90 valence electrons. The summed E-state index contributed by atoms with van der Waals surface area (Å²) in [6, 6.07) is 0. The predicted molar refractivity (Wildman–Crippen MR) is 72.7 cm³/mol. The monoisotopic (exact) mass is 260 g/mol. The zero-order chi connectivity index (χ0) is 11.8. The molecule has 6 heteroatoms. The van der Waals surface area contributed by atoms with Gasteiger partial charge in [0.25, 0.3) is 0 Å². The van der Waals surface area contributed by atoms with E-state index in [0.29, 0.717) is 5.15 Å². The quantitative estimate of drug-likeness (QED) is 0.583. The van der Waals surface area contributed by atoms with Crippen LogP contribution in [0, 0.1) is 0 Å². The SMILES string of the molecule is CNc1c(Cl)ncnc1NCCCCSC. The summed E-state index contributed by atoms with van der Waals surface area (Å²) in [7, 11) is 1.81. The van der Waals surface area contributed by atoms with Crippen molar-refractivity contribution in [2.45, 2.75) is 12.8 Å². The van der Waals surface area contributed by atoms with Crippen LogP contribution in [0.5, 0.6) is 0 Å². The van der Waals surface area contributed by atoms with Crippen molar-refractivity contribution in [3.8, 4) is 0 Å². The van der Waals surface area contributed by atoms with Crippen LogP contribution in [0.4, 0.5) is 11.5 Å². The average Bonchev–Trinajstić information content (AvgIpc) is 2.29. The molecule has 0 aliphatic carbocycles. The number of thioether (sulfide) groups is 1. The first-order valence-corrected chi connectivity index (χ1v) is 6.97. The highest BCUT2D eigenvalue weighted by Gasteiger charge is 2.06. The van der Waals surface area contributed by atoms with Crippen molar-refractivity contribution in [2.75, 3.05) is 36.2 Å². The standard InChI is InChI=1S/C10H17ClN4S/c1-12-8-9(11)14-7-15-10(8)13-5-3-4-6-16-2/h7,12H,3-6H2,1-2H3,(H,13,14,15). The lowest BCUT2D eigenvalue weighted by atomic mass is 10.3. The molecule has 1 aromatic heterocycles. The summed E-state index contributed by atoms with van der Waals surface area (Å²) >= 11 is 7.81. The van der Waals surface area contributed by atoms with Crippen LogP contribution < -0.4 is 10.6 Å². The molecule has 0 aromatic carbocycles. The van der Waals surface area contributed by atoms with E-state index in [1.807, 2.05) is 18.8 Å². The number of aromatic nitrogens is 2. The van der Waals surface area contributed by atoms with E-state index in [1.54, 1.807) is 0 Å². The van der Waals surface area contributed by atoms with E-state index in [4.69, 9.17) is 11.6 Å². The molecular formula is C10H17ClN4S. The summed E-state index contributed by atoms with van der Waals surface area (Å²) in [4.78, 5) is 8.07. The number of nitrogens with one attached hydrogen (secondary N) is 2. The van der Waals surface area contributed by atoms with E-state index in [2.05, 4.69) is 26.9 Å². The highest BCUT2D eigenvalue weighted by molar-refractivity contribution is 7.98. The molecule has 0 aliphatic rings. The van der Waals surface area contributed by atoms with Crippen molar-refractivity contribution in [3.63, 3.8) is 0 Å². The maximum Gasteiger partial charge on any atom is 0.157 e. The van der Waals surface area contributed by atoms with Gasteiger partial charge in [0.15, 0.2) is 11.0 Å². The van der Waals surface area contributed by atoms with Crippen molar-refractivity contribution in [1.82, 2.24) is 9.97 Å². The van der Waals surface area contributed by atoms with Gasteiger partial charge in [0.2, 0.25) is 0 Å². The lowest BCUT2D eigenvalue weighted by Crippen LogP contribution is -2.07. The second kappa shape index (κ2) is 7.57. The first-order valence-electron chi connectivity index (χ1n) is 5.20. The molecule has 0 bridgehead atoms. The summed E-state index contributed by atoms with van der Waals surface area (Å²) in [5.41, 5.74) is 0.758. The average molecular weight is 261 g/mol. The van der Waals surface area contributed by atoms with Crippen LogP contribution in [0.15, 0.2) is 6.33 Å². The first-order chi connectivity index (χ1) is 7.79. The second-order valence-corrected chi connectivity index (χ2v) is 4.61. The lowest BCUT2D eigenvalue weighted by Gasteiger charge is -2.10. The van der Waals surface area contributed by atoms with Crippen LogP contribution >= 0.6 is 23.4 Å². The maximum atomic E-state index is 5.94. The third kappa shape index (κ3) is 4.06. The molecular weight excluding hydrogens is 244 g/mol. The molecule has 0 spiro atoms. The number of halogens is 1. The maximum absolute atomic E-state index is 5.94. The van der Waals surface area contributed by atoms with Gasteiger partial charge in [-0.05, 0) is 24.9 Å².